The number of halogens is 1. The Morgan fingerprint density at radius 1 is 1.00 bits per heavy atom. The summed E-state index contributed by atoms with van der Waals surface area (Å²) in [5.74, 6) is 0.0509. The lowest BCUT2D eigenvalue weighted by atomic mass is 9.92. The number of benzene rings is 3. The number of carbonyl (C=O) groups excluding carboxylic acids is 1. The molecule has 0 spiro atoms. The van der Waals surface area contributed by atoms with Gasteiger partial charge in [0, 0.05) is 65.2 Å². The summed E-state index contributed by atoms with van der Waals surface area (Å²) < 4.78 is 32.4. The lowest BCUT2D eigenvalue weighted by Gasteiger charge is -2.31. The number of aromatic nitrogens is 1. The maximum atomic E-state index is 14.5. The van der Waals surface area contributed by atoms with Crippen molar-refractivity contribution in [3.8, 4) is 39.4 Å². The van der Waals surface area contributed by atoms with Crippen LogP contribution in [-0.4, -0.2) is 48.4 Å². The van der Waals surface area contributed by atoms with Crippen LogP contribution in [0.15, 0.2) is 72.1 Å². The quantitative estimate of drug-likeness (QED) is 0.172. The summed E-state index contributed by atoms with van der Waals surface area (Å²) in [6.07, 6.45) is 0.423. The van der Waals surface area contributed by atoms with E-state index in [4.69, 9.17) is 24.9 Å². The van der Waals surface area contributed by atoms with E-state index < -0.39 is 5.60 Å². The summed E-state index contributed by atoms with van der Waals surface area (Å²) in [6.45, 7) is 7.77. The van der Waals surface area contributed by atoms with E-state index in [1.54, 1.807) is 29.4 Å². The van der Waals surface area contributed by atoms with Gasteiger partial charge in [0.2, 0.25) is 0 Å². The molecule has 5 aromatic rings. The molecule has 2 aromatic heterocycles. The molecule has 3 aromatic carbocycles. The third-order valence-corrected chi connectivity index (χ3v) is 8.88. The number of nitrogens with zero attached hydrogens (tertiary/aromatic N) is 2. The lowest BCUT2D eigenvalue weighted by molar-refractivity contribution is 0.0224. The Labute approximate surface area is 272 Å². The number of ether oxygens (including phenoxy) is 3. The third-order valence-electron chi connectivity index (χ3n) is 7.95. The summed E-state index contributed by atoms with van der Waals surface area (Å²) in [7, 11) is 1.61. The van der Waals surface area contributed by atoms with E-state index in [1.807, 2.05) is 39.0 Å². The second-order valence-corrected chi connectivity index (χ2v) is 13.3. The van der Waals surface area contributed by atoms with Gasteiger partial charge in [0.15, 0.2) is 0 Å². The van der Waals surface area contributed by atoms with Crippen LogP contribution in [0.4, 0.5) is 9.18 Å². The number of amides is 1. The minimum atomic E-state index is -0.545. The van der Waals surface area contributed by atoms with Crippen molar-refractivity contribution < 1.29 is 23.4 Å². The van der Waals surface area contributed by atoms with E-state index in [2.05, 4.69) is 35.7 Å². The van der Waals surface area contributed by atoms with Gasteiger partial charge in [-0.25, -0.2) is 14.2 Å². The van der Waals surface area contributed by atoms with Gasteiger partial charge in [-0.15, -0.1) is 11.3 Å². The van der Waals surface area contributed by atoms with E-state index in [-0.39, 0.29) is 18.5 Å². The fraction of sp³-hybridized carbons (Fsp3) is 0.297. The second kappa shape index (κ2) is 13.2. The predicted molar refractivity (Wildman–Crippen MR) is 181 cm³/mol. The summed E-state index contributed by atoms with van der Waals surface area (Å²) >= 11 is 1.62. The van der Waals surface area contributed by atoms with Crippen molar-refractivity contribution in [2.75, 3.05) is 26.9 Å². The molecule has 46 heavy (non-hydrogen) atoms. The number of fused-ring (bicyclic) bond motifs is 2. The van der Waals surface area contributed by atoms with E-state index in [1.165, 1.54) is 17.7 Å². The van der Waals surface area contributed by atoms with Gasteiger partial charge in [-0.1, -0.05) is 30.3 Å². The van der Waals surface area contributed by atoms with Crippen molar-refractivity contribution in [1.29, 1.82) is 0 Å². The zero-order valence-electron chi connectivity index (χ0n) is 26.6. The smallest absolute Gasteiger partial charge is 0.410 e. The van der Waals surface area contributed by atoms with Crippen molar-refractivity contribution in [3.05, 3.63) is 94.6 Å². The van der Waals surface area contributed by atoms with Gasteiger partial charge in [-0.05, 0) is 79.6 Å². The van der Waals surface area contributed by atoms with E-state index in [0.29, 0.717) is 32.0 Å². The largest absolute Gasteiger partial charge is 0.490 e. The summed E-state index contributed by atoms with van der Waals surface area (Å²) in [4.78, 5) is 19.9. The summed E-state index contributed by atoms with van der Waals surface area (Å²) in [6, 6.07) is 21.1. The van der Waals surface area contributed by atoms with Crippen LogP contribution in [-0.2, 0) is 29.0 Å². The van der Waals surface area contributed by atoms with E-state index in [9.17, 15) is 9.18 Å². The molecule has 7 nitrogen and oxygen atoms in total. The minimum Gasteiger partial charge on any atom is -0.490 e. The molecule has 0 aliphatic carbocycles. The molecule has 0 radical (unpaired) electrons. The molecule has 3 heterocycles. The van der Waals surface area contributed by atoms with Crippen molar-refractivity contribution in [2.45, 2.75) is 45.9 Å². The van der Waals surface area contributed by atoms with Gasteiger partial charge in [0.25, 0.3) is 0 Å². The fourth-order valence-corrected chi connectivity index (χ4v) is 6.75. The molecule has 1 aliphatic heterocycles. The molecule has 0 atom stereocenters. The Balaban J connectivity index is 1.49. The Morgan fingerprint density at radius 3 is 2.61 bits per heavy atom. The highest BCUT2D eigenvalue weighted by atomic mass is 32.1. The average Bonchev–Trinajstić information content (AvgIpc) is 3.53. The molecule has 0 unspecified atom stereocenters. The zero-order chi connectivity index (χ0) is 32.4. The van der Waals surface area contributed by atoms with Gasteiger partial charge < -0.3 is 24.8 Å². The first-order valence-corrected chi connectivity index (χ1v) is 16.3. The van der Waals surface area contributed by atoms with E-state index in [0.717, 1.165) is 61.3 Å². The van der Waals surface area contributed by atoms with Crippen molar-refractivity contribution in [3.63, 3.8) is 0 Å². The van der Waals surface area contributed by atoms with Crippen LogP contribution >= 0.6 is 11.3 Å². The molecule has 1 aliphatic rings. The van der Waals surface area contributed by atoms with Crippen LogP contribution in [0.2, 0.25) is 0 Å². The number of carbonyl (C=O) groups is 1. The molecular weight excluding hydrogens is 601 g/mol. The Morgan fingerprint density at radius 2 is 1.83 bits per heavy atom. The Kier molecular flexibility index (Phi) is 9.08. The molecule has 238 valence electrons. The molecule has 0 bridgehead atoms. The Bertz CT molecular complexity index is 1900. The molecule has 2 N–H and O–H groups in total. The summed E-state index contributed by atoms with van der Waals surface area (Å²) in [5, 5.41) is 3.06. The molecule has 1 amide bonds. The second-order valence-electron chi connectivity index (χ2n) is 12.4. The molecular formula is C37H38FN3O4S. The number of thiophene rings is 1. The van der Waals surface area contributed by atoms with Gasteiger partial charge >= 0.3 is 6.09 Å². The normalized spacial score (nSPS) is 13.1. The standard InChI is InChI=1S/C37H38FN3O4S/c1-37(2,3)45-36(42)41-14-12-24-19-26(8-9-27(24)22-41)33-30-13-17-46-35(30)32(34(40-33)25-7-5-6-23(18-25)21-39)29-11-10-28(38)20-31(29)44-16-15-43-4/h5-11,13,17-20H,12,14-16,21-22,39H2,1-4H3. The van der Waals surface area contributed by atoms with Crippen LogP contribution < -0.4 is 10.5 Å². The van der Waals surface area contributed by atoms with Gasteiger partial charge in [-0.2, -0.15) is 0 Å². The number of pyridine rings is 1. The Hall–Kier alpha value is -4.31. The first-order valence-electron chi connectivity index (χ1n) is 15.4. The van der Waals surface area contributed by atoms with Crippen molar-refractivity contribution >= 4 is 27.5 Å². The maximum Gasteiger partial charge on any atom is 0.410 e. The number of hydrogen-bond acceptors (Lipinski definition) is 7. The average molecular weight is 640 g/mol. The highest BCUT2D eigenvalue weighted by Gasteiger charge is 2.27. The first kappa shape index (κ1) is 31.7. The highest BCUT2D eigenvalue weighted by Crippen LogP contribution is 2.46. The van der Waals surface area contributed by atoms with Gasteiger partial charge in [0.05, 0.1) is 18.0 Å². The van der Waals surface area contributed by atoms with Crippen molar-refractivity contribution in [2.24, 2.45) is 5.73 Å². The topological polar surface area (TPSA) is 86.9 Å². The molecule has 6 rings (SSSR count). The molecule has 0 fully saturated rings. The predicted octanol–water partition coefficient (Wildman–Crippen LogP) is 8.21. The third kappa shape index (κ3) is 6.63. The number of methoxy groups -OCH3 is 1. The summed E-state index contributed by atoms with van der Waals surface area (Å²) in [5.41, 5.74) is 13.9. The number of rotatable bonds is 8. The number of hydrogen-bond donors (Lipinski definition) is 1. The molecule has 9 heteroatoms. The van der Waals surface area contributed by atoms with Crippen LogP contribution in [0.25, 0.3) is 43.7 Å². The van der Waals surface area contributed by atoms with Crippen LogP contribution in [0, 0.1) is 5.82 Å². The van der Waals surface area contributed by atoms with Gasteiger partial charge in [0.1, 0.15) is 23.8 Å². The molecule has 0 saturated carbocycles. The number of nitrogens with two attached hydrogens (primary N) is 1. The fourth-order valence-electron chi connectivity index (χ4n) is 5.79. The molecule has 0 saturated heterocycles. The first-order chi connectivity index (χ1) is 22.1. The maximum absolute atomic E-state index is 14.5. The monoisotopic (exact) mass is 639 g/mol. The minimum absolute atomic E-state index is 0.282. The van der Waals surface area contributed by atoms with Crippen molar-refractivity contribution in [1.82, 2.24) is 9.88 Å². The zero-order valence-corrected chi connectivity index (χ0v) is 27.4. The van der Waals surface area contributed by atoms with Gasteiger partial charge in [-0.3, -0.25) is 0 Å². The van der Waals surface area contributed by atoms with E-state index >= 15 is 0 Å². The van der Waals surface area contributed by atoms with Crippen LogP contribution in [0.1, 0.15) is 37.5 Å². The van der Waals surface area contributed by atoms with Crippen LogP contribution in [0.5, 0.6) is 5.75 Å². The SMILES string of the molecule is COCCOc1cc(F)ccc1-c1c(-c2cccc(CN)c2)nc(-c2ccc3c(c2)CCN(C(=O)OC(C)(C)C)C3)c2ccsc12. The van der Waals surface area contributed by atoms with Crippen LogP contribution in [0.3, 0.4) is 0 Å². The lowest BCUT2D eigenvalue weighted by Crippen LogP contribution is -2.39. The highest BCUT2D eigenvalue weighted by molar-refractivity contribution is 7.18.